The Hall–Kier alpha value is -2.86. The Morgan fingerprint density at radius 2 is 1.97 bits per heavy atom. The number of carboxylic acid groups (broad SMARTS) is 1. The second-order valence-electron chi connectivity index (χ2n) is 7.89. The average Bonchev–Trinajstić information content (AvgIpc) is 2.93. The Labute approximate surface area is 177 Å². The van der Waals surface area contributed by atoms with Gasteiger partial charge in [-0.15, -0.1) is 0 Å². The number of rotatable bonds is 5. The van der Waals surface area contributed by atoms with Crippen LogP contribution in [-0.2, 0) is 4.79 Å². The summed E-state index contributed by atoms with van der Waals surface area (Å²) in [5, 5.41) is 20.4. The highest BCUT2D eigenvalue weighted by molar-refractivity contribution is 6.30. The molecule has 3 aromatic rings. The number of halogens is 2. The molecule has 1 aliphatic rings. The fourth-order valence-corrected chi connectivity index (χ4v) is 4.41. The molecule has 4 rings (SSSR count). The van der Waals surface area contributed by atoms with Crippen molar-refractivity contribution in [1.82, 2.24) is 4.57 Å². The third-order valence-electron chi connectivity index (χ3n) is 6.05. The van der Waals surface area contributed by atoms with Crippen molar-refractivity contribution in [2.24, 2.45) is 5.92 Å². The largest absolute Gasteiger partial charge is 0.508 e. The second-order valence-corrected chi connectivity index (χ2v) is 8.30. The van der Waals surface area contributed by atoms with E-state index in [2.05, 4.69) is 0 Å². The molecule has 30 heavy (non-hydrogen) atoms. The lowest BCUT2D eigenvalue weighted by molar-refractivity contribution is -0.139. The number of phenolic OH excluding ortho intramolecular Hbond substituents is 1. The van der Waals surface area contributed by atoms with Crippen molar-refractivity contribution in [1.29, 1.82) is 0 Å². The third-order valence-corrected chi connectivity index (χ3v) is 6.35. The smallest absolute Gasteiger partial charge is 0.311 e. The number of phenols is 1. The first-order valence-corrected chi connectivity index (χ1v) is 10.2. The number of aromatic hydroxyl groups is 1. The number of carbonyl (C=O) groups is 2. The average molecular weight is 430 g/mol. The van der Waals surface area contributed by atoms with E-state index < -0.39 is 23.6 Å². The van der Waals surface area contributed by atoms with Gasteiger partial charge < -0.3 is 10.2 Å². The van der Waals surface area contributed by atoms with Crippen LogP contribution in [0.4, 0.5) is 4.39 Å². The molecule has 156 valence electrons. The van der Waals surface area contributed by atoms with Gasteiger partial charge in [-0.2, -0.15) is 0 Å². The minimum absolute atomic E-state index is 0.0151. The second kappa shape index (κ2) is 7.76. The van der Waals surface area contributed by atoms with Crippen LogP contribution in [0, 0.1) is 18.7 Å². The number of carboxylic acids is 1. The fourth-order valence-electron chi connectivity index (χ4n) is 4.29. The highest BCUT2D eigenvalue weighted by Gasteiger charge is 2.33. The molecule has 1 fully saturated rings. The maximum atomic E-state index is 13.9. The topological polar surface area (TPSA) is 79.5 Å². The summed E-state index contributed by atoms with van der Waals surface area (Å²) in [6.07, 6.45) is 3.57. The van der Waals surface area contributed by atoms with Crippen LogP contribution >= 0.6 is 11.6 Å². The Kier molecular flexibility index (Phi) is 5.28. The van der Waals surface area contributed by atoms with E-state index in [0.717, 1.165) is 25.3 Å². The van der Waals surface area contributed by atoms with Crippen molar-refractivity contribution in [2.45, 2.75) is 38.5 Å². The number of carbonyl (C=O) groups excluding carboxylic acids is 1. The molecule has 1 heterocycles. The number of hydrogen-bond donors (Lipinski definition) is 2. The van der Waals surface area contributed by atoms with Gasteiger partial charge in [0.05, 0.1) is 16.5 Å². The molecular formula is C23H21ClFNO4. The van der Waals surface area contributed by atoms with E-state index in [1.54, 1.807) is 13.0 Å². The molecule has 0 bridgehead atoms. The monoisotopic (exact) mass is 429 g/mol. The summed E-state index contributed by atoms with van der Waals surface area (Å²) < 4.78 is 15.3. The normalized spacial score (nSPS) is 15.2. The van der Waals surface area contributed by atoms with Crippen LogP contribution in [-0.4, -0.2) is 26.7 Å². The molecule has 5 nitrogen and oxygen atoms in total. The van der Waals surface area contributed by atoms with E-state index in [0.29, 0.717) is 34.5 Å². The first-order valence-electron chi connectivity index (χ1n) is 9.84. The van der Waals surface area contributed by atoms with Crippen LogP contribution < -0.4 is 0 Å². The number of fused-ring (bicyclic) bond motifs is 1. The molecule has 2 N–H and O–H groups in total. The fraction of sp³-hybridized carbons (Fsp3) is 0.304. The number of aliphatic carboxylic acids is 1. The molecule has 1 atom stereocenters. The molecule has 2 aromatic carbocycles. The quantitative estimate of drug-likeness (QED) is 0.561. The molecule has 0 saturated heterocycles. The first kappa shape index (κ1) is 20.4. The van der Waals surface area contributed by atoms with Gasteiger partial charge >= 0.3 is 5.97 Å². The Balaban J connectivity index is 1.90. The molecule has 0 radical (unpaired) electrons. The molecule has 1 aromatic heterocycles. The van der Waals surface area contributed by atoms with E-state index in [9.17, 15) is 24.2 Å². The lowest BCUT2D eigenvalue weighted by atomic mass is 9.77. The van der Waals surface area contributed by atoms with Gasteiger partial charge in [-0.25, -0.2) is 4.39 Å². The zero-order chi connectivity index (χ0) is 21.6. The summed E-state index contributed by atoms with van der Waals surface area (Å²) >= 11 is 5.74. The lowest BCUT2D eigenvalue weighted by Crippen LogP contribution is -2.21. The van der Waals surface area contributed by atoms with Crippen molar-refractivity contribution in [3.63, 3.8) is 0 Å². The minimum Gasteiger partial charge on any atom is -0.508 e. The van der Waals surface area contributed by atoms with Crippen LogP contribution in [0.3, 0.4) is 0 Å². The predicted octanol–water partition coefficient (Wildman–Crippen LogP) is 5.49. The van der Waals surface area contributed by atoms with Gasteiger partial charge in [0.1, 0.15) is 11.6 Å². The number of benzene rings is 2. The Bertz CT molecular complexity index is 1170. The molecule has 0 aliphatic heterocycles. The van der Waals surface area contributed by atoms with Crippen molar-refractivity contribution < 1.29 is 24.2 Å². The van der Waals surface area contributed by atoms with Gasteiger partial charge in [-0.05, 0) is 61.2 Å². The van der Waals surface area contributed by atoms with E-state index in [1.165, 1.54) is 28.8 Å². The first-order chi connectivity index (χ1) is 14.3. The summed E-state index contributed by atoms with van der Waals surface area (Å²) in [5.41, 5.74) is 1.56. The van der Waals surface area contributed by atoms with Gasteiger partial charge in [0.25, 0.3) is 5.91 Å². The van der Waals surface area contributed by atoms with Gasteiger partial charge in [0.15, 0.2) is 0 Å². The summed E-state index contributed by atoms with van der Waals surface area (Å²) in [6, 6.07) is 8.32. The molecule has 7 heteroatoms. The molecule has 0 amide bonds. The van der Waals surface area contributed by atoms with Crippen LogP contribution in [0.25, 0.3) is 10.9 Å². The molecule has 0 unspecified atom stereocenters. The Morgan fingerprint density at radius 1 is 1.23 bits per heavy atom. The van der Waals surface area contributed by atoms with E-state index in [1.807, 2.05) is 0 Å². The van der Waals surface area contributed by atoms with E-state index in [-0.39, 0.29) is 16.3 Å². The standard InChI is InChI=1S/C23H21ClFNO4/c1-12-21(17(23(29)30)9-13-3-2-4-13)16-11-15(27)6-8-20(16)26(12)22(28)14-5-7-18(24)19(25)10-14/h5-8,10-11,13,17,27H,2-4,9H2,1H3,(H,29,30)/t17-/m0/s1. The van der Waals surface area contributed by atoms with Gasteiger partial charge in [0, 0.05) is 16.6 Å². The van der Waals surface area contributed by atoms with Crippen molar-refractivity contribution in [3.05, 3.63) is 64.1 Å². The number of nitrogens with zero attached hydrogens (tertiary/aromatic N) is 1. The van der Waals surface area contributed by atoms with Crippen molar-refractivity contribution >= 4 is 34.4 Å². The van der Waals surface area contributed by atoms with Gasteiger partial charge in [-0.3, -0.25) is 14.2 Å². The summed E-state index contributed by atoms with van der Waals surface area (Å²) in [4.78, 5) is 25.4. The van der Waals surface area contributed by atoms with Crippen molar-refractivity contribution in [2.75, 3.05) is 0 Å². The molecule has 0 spiro atoms. The summed E-state index contributed by atoms with van der Waals surface area (Å²) in [6.45, 7) is 1.69. The van der Waals surface area contributed by atoms with Gasteiger partial charge in [-0.1, -0.05) is 30.9 Å². The maximum absolute atomic E-state index is 13.9. The molecule has 1 saturated carbocycles. The number of hydrogen-bond acceptors (Lipinski definition) is 3. The van der Waals surface area contributed by atoms with Crippen molar-refractivity contribution in [3.8, 4) is 5.75 Å². The number of aromatic nitrogens is 1. The summed E-state index contributed by atoms with van der Waals surface area (Å²) in [5.74, 6) is -2.63. The SMILES string of the molecule is Cc1c([C@H](CC2CCC2)C(=O)O)c2cc(O)ccc2n1C(=O)c1ccc(Cl)c(F)c1. The molecular weight excluding hydrogens is 409 g/mol. The predicted molar refractivity (Wildman–Crippen MR) is 112 cm³/mol. The summed E-state index contributed by atoms with van der Waals surface area (Å²) in [7, 11) is 0. The minimum atomic E-state index is -0.961. The van der Waals surface area contributed by atoms with Crippen LogP contribution in [0.2, 0.25) is 5.02 Å². The zero-order valence-electron chi connectivity index (χ0n) is 16.4. The third kappa shape index (κ3) is 3.45. The Morgan fingerprint density at radius 3 is 2.57 bits per heavy atom. The van der Waals surface area contributed by atoms with E-state index >= 15 is 0 Å². The van der Waals surface area contributed by atoms with Gasteiger partial charge in [0.2, 0.25) is 0 Å². The maximum Gasteiger partial charge on any atom is 0.311 e. The van der Waals surface area contributed by atoms with Crippen LogP contribution in [0.1, 0.15) is 53.2 Å². The van der Waals surface area contributed by atoms with E-state index in [4.69, 9.17) is 11.6 Å². The zero-order valence-corrected chi connectivity index (χ0v) is 17.1. The highest BCUT2D eigenvalue weighted by Crippen LogP contribution is 2.41. The molecule has 1 aliphatic carbocycles. The highest BCUT2D eigenvalue weighted by atomic mass is 35.5. The lowest BCUT2D eigenvalue weighted by Gasteiger charge is -2.28. The van der Waals surface area contributed by atoms with Crippen LogP contribution in [0.5, 0.6) is 5.75 Å². The van der Waals surface area contributed by atoms with Crippen LogP contribution in [0.15, 0.2) is 36.4 Å².